The molecular weight excluding hydrogens is 124 g/mol. The van der Waals surface area contributed by atoms with E-state index in [0.29, 0.717) is 5.92 Å². The van der Waals surface area contributed by atoms with Gasteiger partial charge in [0.25, 0.3) is 0 Å². The van der Waals surface area contributed by atoms with E-state index in [1.54, 1.807) is 6.08 Å². The minimum absolute atomic E-state index is 0.0648. The molecule has 0 heterocycles. The van der Waals surface area contributed by atoms with E-state index in [9.17, 15) is 0 Å². The van der Waals surface area contributed by atoms with Crippen molar-refractivity contribution in [1.82, 2.24) is 0 Å². The molecule has 56 valence electrons. The van der Waals surface area contributed by atoms with E-state index >= 15 is 0 Å². The molecule has 1 unspecified atom stereocenters. The van der Waals surface area contributed by atoms with Crippen molar-refractivity contribution in [2.75, 3.05) is 0 Å². The van der Waals surface area contributed by atoms with Crippen LogP contribution in [0.4, 0.5) is 0 Å². The van der Waals surface area contributed by atoms with E-state index in [-0.39, 0.29) is 6.10 Å². The fourth-order valence-electron chi connectivity index (χ4n) is 0.616. The van der Waals surface area contributed by atoms with Gasteiger partial charge in [-0.3, -0.25) is 0 Å². The zero-order valence-corrected chi connectivity index (χ0v) is 6.63. The van der Waals surface area contributed by atoms with Gasteiger partial charge in [0.2, 0.25) is 0 Å². The van der Waals surface area contributed by atoms with Crippen LogP contribution in [0.1, 0.15) is 13.8 Å². The molecule has 0 aliphatic rings. The SMILES string of the molecule is C=C=CC(OC=C)C(C)C. The summed E-state index contributed by atoms with van der Waals surface area (Å²) in [6.45, 7) is 11.1. The highest BCUT2D eigenvalue weighted by atomic mass is 16.5. The molecule has 1 nitrogen and oxygen atoms in total. The minimum Gasteiger partial charge on any atom is -0.494 e. The second-order valence-corrected chi connectivity index (χ2v) is 2.38. The summed E-state index contributed by atoms with van der Waals surface area (Å²) >= 11 is 0. The highest BCUT2D eigenvalue weighted by Crippen LogP contribution is 2.07. The Kier molecular flexibility index (Phi) is 4.43. The average molecular weight is 138 g/mol. The summed E-state index contributed by atoms with van der Waals surface area (Å²) in [6.07, 6.45) is 3.31. The molecule has 0 aromatic heterocycles. The maximum atomic E-state index is 5.15. The summed E-state index contributed by atoms with van der Waals surface area (Å²) in [6, 6.07) is 0. The van der Waals surface area contributed by atoms with Gasteiger partial charge in [-0.1, -0.05) is 27.0 Å². The Bertz CT molecular complexity index is 141. The van der Waals surface area contributed by atoms with Crippen LogP contribution in [0.3, 0.4) is 0 Å². The molecule has 0 aliphatic heterocycles. The molecule has 0 saturated heterocycles. The first-order chi connectivity index (χ1) is 4.72. The summed E-state index contributed by atoms with van der Waals surface area (Å²) in [5.74, 6) is 0.437. The molecule has 0 amide bonds. The topological polar surface area (TPSA) is 9.23 Å². The first-order valence-corrected chi connectivity index (χ1v) is 3.34. The standard InChI is InChI=1S/C9H14O/c1-5-7-9(8(3)4)10-6-2/h6-9H,1-2H2,3-4H3. The largest absolute Gasteiger partial charge is 0.494 e. The van der Waals surface area contributed by atoms with Gasteiger partial charge < -0.3 is 4.74 Å². The Morgan fingerprint density at radius 3 is 2.40 bits per heavy atom. The van der Waals surface area contributed by atoms with Crippen molar-refractivity contribution in [2.24, 2.45) is 5.92 Å². The van der Waals surface area contributed by atoms with E-state index in [1.807, 2.05) is 0 Å². The zero-order valence-electron chi connectivity index (χ0n) is 6.63. The van der Waals surface area contributed by atoms with Crippen molar-refractivity contribution in [3.05, 3.63) is 31.2 Å². The lowest BCUT2D eigenvalue weighted by molar-refractivity contribution is 0.144. The van der Waals surface area contributed by atoms with Gasteiger partial charge in [0.1, 0.15) is 6.10 Å². The summed E-state index contributed by atoms with van der Waals surface area (Å²) in [5.41, 5.74) is 2.69. The van der Waals surface area contributed by atoms with Gasteiger partial charge >= 0.3 is 0 Å². The van der Waals surface area contributed by atoms with Gasteiger partial charge in [-0.05, 0) is 12.0 Å². The lowest BCUT2D eigenvalue weighted by Gasteiger charge is -2.14. The van der Waals surface area contributed by atoms with Gasteiger partial charge in [0, 0.05) is 0 Å². The average Bonchev–Trinajstić information content (AvgIpc) is 1.87. The lowest BCUT2D eigenvalue weighted by Crippen LogP contribution is -2.13. The quantitative estimate of drug-likeness (QED) is 0.428. The Hall–Kier alpha value is -0.940. The van der Waals surface area contributed by atoms with E-state index in [0.717, 1.165) is 0 Å². The normalized spacial score (nSPS) is 11.9. The maximum absolute atomic E-state index is 5.15. The fourth-order valence-corrected chi connectivity index (χ4v) is 0.616. The molecule has 0 rings (SSSR count). The Morgan fingerprint density at radius 2 is 2.10 bits per heavy atom. The van der Waals surface area contributed by atoms with Crippen LogP contribution in [0.25, 0.3) is 0 Å². The number of hydrogen-bond donors (Lipinski definition) is 0. The molecule has 0 aromatic rings. The van der Waals surface area contributed by atoms with Crippen LogP contribution in [-0.2, 0) is 4.74 Å². The van der Waals surface area contributed by atoms with Crippen LogP contribution in [-0.4, -0.2) is 6.10 Å². The predicted octanol–water partition coefficient (Wildman–Crippen LogP) is 2.51. The molecule has 0 radical (unpaired) electrons. The fraction of sp³-hybridized carbons (Fsp3) is 0.444. The first-order valence-electron chi connectivity index (χ1n) is 3.34. The van der Waals surface area contributed by atoms with Gasteiger partial charge in [0.05, 0.1) is 6.26 Å². The molecule has 0 spiro atoms. The molecular formula is C9H14O. The Morgan fingerprint density at radius 1 is 1.50 bits per heavy atom. The van der Waals surface area contributed by atoms with E-state index < -0.39 is 0 Å². The van der Waals surface area contributed by atoms with Gasteiger partial charge in [-0.15, -0.1) is 5.73 Å². The minimum atomic E-state index is 0.0648. The monoisotopic (exact) mass is 138 g/mol. The van der Waals surface area contributed by atoms with Gasteiger partial charge in [-0.25, -0.2) is 0 Å². The van der Waals surface area contributed by atoms with E-state index in [1.165, 1.54) is 6.26 Å². The Labute approximate surface area is 62.7 Å². The number of rotatable bonds is 4. The third-order valence-electron chi connectivity index (χ3n) is 1.19. The Balaban J connectivity index is 3.96. The molecule has 0 aliphatic carbocycles. The van der Waals surface area contributed by atoms with Crippen LogP contribution in [0.2, 0.25) is 0 Å². The molecule has 0 bridgehead atoms. The number of hydrogen-bond acceptors (Lipinski definition) is 1. The summed E-state index contributed by atoms with van der Waals surface area (Å²) in [4.78, 5) is 0. The van der Waals surface area contributed by atoms with Crippen molar-refractivity contribution in [1.29, 1.82) is 0 Å². The molecule has 0 aromatic carbocycles. The second-order valence-electron chi connectivity index (χ2n) is 2.38. The van der Waals surface area contributed by atoms with Crippen LogP contribution in [0.5, 0.6) is 0 Å². The van der Waals surface area contributed by atoms with E-state index in [2.05, 4.69) is 32.7 Å². The molecule has 0 fully saturated rings. The zero-order chi connectivity index (χ0) is 7.98. The van der Waals surface area contributed by atoms with Crippen LogP contribution in [0.15, 0.2) is 31.2 Å². The predicted molar refractivity (Wildman–Crippen MR) is 43.6 cm³/mol. The summed E-state index contributed by atoms with van der Waals surface area (Å²) < 4.78 is 5.15. The third-order valence-corrected chi connectivity index (χ3v) is 1.19. The van der Waals surface area contributed by atoms with E-state index in [4.69, 9.17) is 4.74 Å². The molecule has 1 heteroatoms. The molecule has 10 heavy (non-hydrogen) atoms. The molecule has 0 N–H and O–H groups in total. The smallest absolute Gasteiger partial charge is 0.125 e. The highest BCUT2D eigenvalue weighted by Gasteiger charge is 2.07. The first kappa shape index (κ1) is 9.06. The second kappa shape index (κ2) is 4.89. The summed E-state index contributed by atoms with van der Waals surface area (Å²) in [7, 11) is 0. The molecule has 1 atom stereocenters. The maximum Gasteiger partial charge on any atom is 0.125 e. The van der Waals surface area contributed by atoms with Crippen molar-refractivity contribution in [3.63, 3.8) is 0 Å². The van der Waals surface area contributed by atoms with Gasteiger partial charge in [0.15, 0.2) is 0 Å². The van der Waals surface area contributed by atoms with Crippen molar-refractivity contribution in [3.8, 4) is 0 Å². The van der Waals surface area contributed by atoms with Crippen molar-refractivity contribution >= 4 is 0 Å². The van der Waals surface area contributed by atoms with Gasteiger partial charge in [-0.2, -0.15) is 0 Å². The summed E-state index contributed by atoms with van der Waals surface area (Å²) in [5, 5.41) is 0. The van der Waals surface area contributed by atoms with Crippen LogP contribution in [0, 0.1) is 5.92 Å². The highest BCUT2D eigenvalue weighted by molar-refractivity contribution is 4.88. The number of ether oxygens (including phenoxy) is 1. The van der Waals surface area contributed by atoms with Crippen molar-refractivity contribution in [2.45, 2.75) is 20.0 Å². The lowest BCUT2D eigenvalue weighted by atomic mass is 10.1. The van der Waals surface area contributed by atoms with Crippen LogP contribution >= 0.6 is 0 Å². The van der Waals surface area contributed by atoms with Crippen LogP contribution < -0.4 is 0 Å². The van der Waals surface area contributed by atoms with Crippen molar-refractivity contribution < 1.29 is 4.74 Å². The third kappa shape index (κ3) is 3.16. The molecule has 0 saturated carbocycles.